The fourth-order valence-electron chi connectivity index (χ4n) is 17.7. The second-order valence-corrected chi connectivity index (χ2v) is 35.9. The summed E-state index contributed by atoms with van der Waals surface area (Å²) in [6.07, 6.45) is -46.8. The highest BCUT2D eigenvalue weighted by molar-refractivity contribution is 5.88. The molecule has 6 saturated heterocycles. The van der Waals surface area contributed by atoms with Gasteiger partial charge in [0, 0.05) is 94.0 Å². The molecule has 7 heterocycles. The average Bonchev–Trinajstić information content (AvgIpc) is 0.779. The maximum Gasteiger partial charge on any atom is 0.333 e. The minimum absolute atomic E-state index is 0.0416. The smallest absolute Gasteiger partial charge is 0.333 e. The Labute approximate surface area is 715 Å². The largest absolute Gasteiger partial charge is 0.458 e. The number of nitrogens with one attached hydrogen (secondary N) is 2. The highest BCUT2D eigenvalue weighted by Crippen LogP contribution is 2.43. The van der Waals surface area contributed by atoms with E-state index in [1.54, 1.807) is 53.7 Å². The molecule has 708 valence electrons. The van der Waals surface area contributed by atoms with Crippen LogP contribution in [0.15, 0.2) is 35.5 Å². The Kier molecular flexibility index (Phi) is 40.9. The maximum absolute atomic E-state index is 14.7. The van der Waals surface area contributed by atoms with Gasteiger partial charge in [-0.05, 0) is 98.0 Å². The van der Waals surface area contributed by atoms with E-state index >= 15 is 0 Å². The van der Waals surface area contributed by atoms with Crippen LogP contribution in [0.3, 0.4) is 0 Å². The number of aliphatic hydroxyl groups excluding tert-OH is 19. The molecule has 6 fully saturated rings. The molecule has 37 heteroatoms. The van der Waals surface area contributed by atoms with Gasteiger partial charge >= 0.3 is 5.97 Å². The Morgan fingerprint density at radius 2 is 1.20 bits per heavy atom. The summed E-state index contributed by atoms with van der Waals surface area (Å²) in [4.78, 5) is 39.3. The van der Waals surface area contributed by atoms with Crippen LogP contribution in [0.2, 0.25) is 0 Å². The molecule has 2 bridgehead atoms. The van der Waals surface area contributed by atoms with Gasteiger partial charge in [-0.2, -0.15) is 0 Å². The summed E-state index contributed by atoms with van der Waals surface area (Å²) in [5, 5.41) is 238. The summed E-state index contributed by atoms with van der Waals surface area (Å²) in [5.74, 6) is -9.84. The van der Waals surface area contributed by atoms with Crippen molar-refractivity contribution in [2.45, 2.75) is 439 Å². The van der Waals surface area contributed by atoms with Gasteiger partial charge < -0.3 is 170 Å². The highest BCUT2D eigenvalue weighted by atomic mass is 16.8. The zero-order chi connectivity index (χ0) is 91.2. The van der Waals surface area contributed by atoms with Gasteiger partial charge in [-0.25, -0.2) is 4.79 Å². The average molecular weight is 1760 g/mol. The zero-order valence-electron chi connectivity index (χ0n) is 73.4. The zero-order valence-corrected chi connectivity index (χ0v) is 73.4. The van der Waals surface area contributed by atoms with Crippen LogP contribution >= 0.6 is 0 Å². The number of aliphatic hydroxyl groups is 20. The Bertz CT molecular complexity index is 3270. The molecule has 0 aromatic rings. The van der Waals surface area contributed by atoms with Crippen molar-refractivity contribution in [2.75, 3.05) is 6.61 Å². The topological polar surface area (TPSA) is 591 Å². The number of fused-ring (bicyclic) bond motifs is 2. The van der Waals surface area contributed by atoms with Gasteiger partial charge in [0.15, 0.2) is 37.2 Å². The third-order valence-corrected chi connectivity index (χ3v) is 26.1. The van der Waals surface area contributed by atoms with Crippen molar-refractivity contribution < 1.29 is 173 Å². The van der Waals surface area contributed by atoms with Crippen molar-refractivity contribution in [3.05, 3.63) is 35.5 Å². The molecule has 37 nitrogen and oxygen atoms in total. The number of rotatable bonds is 24. The molecule has 122 heavy (non-hydrogen) atoms. The second-order valence-electron chi connectivity index (χ2n) is 35.9. The van der Waals surface area contributed by atoms with E-state index in [-0.39, 0.29) is 68.4 Å². The SMILES string of the molecule is CCC[C@@H](O[C@H]1C[C@](C)(NC(C)=O)[C@H](O)[C@H](C)O1)[C@@H](C)[C@@H](O)[C@@H](/C=C/[C@H](O)[C@@H](C)[C@@H]1C/C=C(\C)[C@@H](O)[C@@H](C)[C@H](O[C@@H]2O[C@H](CO)[C@@H](O)[C@H](O)[C@@H]2O)C[C@@H](O)[C@@H](C)[C@@H](O)C[C@@H]2C[C@H](O)[C@@H](O)[C@](O)(C[C@H](O[C@@H]3O[C@H](C)[C@@H](O)[C@H](O[C@H]4C[C@@H](NC(C)=O)[C@H](O)[C@@H](C)O4)[C@H]3O[C@@H]3O[C@H](C)[C@@H](O)[C@H](O)[C@H]3O)[C@@H](C)CC[C@@H](O)C[C@@H](O)C/C=C(\CC)C(=O)O1)O2)CC. The second kappa shape index (κ2) is 47.3. The predicted octanol–water partition coefficient (Wildman–Crippen LogP) is -1.35. The summed E-state index contributed by atoms with van der Waals surface area (Å²) in [7, 11) is 0. The molecule has 22 N–H and O–H groups in total. The summed E-state index contributed by atoms with van der Waals surface area (Å²) in [6, 6.07) is -0.939. The highest BCUT2D eigenvalue weighted by Gasteiger charge is 2.57. The van der Waals surface area contributed by atoms with E-state index in [9.17, 15) is 117 Å². The van der Waals surface area contributed by atoms with Crippen molar-refractivity contribution in [3.8, 4) is 0 Å². The third-order valence-electron chi connectivity index (χ3n) is 26.1. The van der Waals surface area contributed by atoms with E-state index in [1.165, 1.54) is 60.6 Å². The van der Waals surface area contributed by atoms with Crippen LogP contribution in [0, 0.1) is 35.5 Å². The molecule has 0 aromatic heterocycles. The van der Waals surface area contributed by atoms with Gasteiger partial charge in [0.1, 0.15) is 85.5 Å². The summed E-state index contributed by atoms with van der Waals surface area (Å²) in [5.41, 5.74) is -0.774. The number of esters is 1. The van der Waals surface area contributed by atoms with Crippen molar-refractivity contribution in [1.82, 2.24) is 10.6 Å². The molecule has 44 atom stereocenters. The molecule has 0 spiro atoms. The molecule has 0 aromatic carbocycles. The van der Waals surface area contributed by atoms with Crippen molar-refractivity contribution in [3.63, 3.8) is 0 Å². The van der Waals surface area contributed by atoms with Crippen molar-refractivity contribution in [2.24, 2.45) is 35.5 Å². The van der Waals surface area contributed by atoms with Crippen LogP contribution in [-0.4, -0.2) is 358 Å². The molecule has 7 aliphatic heterocycles. The van der Waals surface area contributed by atoms with Crippen LogP contribution in [0.25, 0.3) is 0 Å². The third kappa shape index (κ3) is 27.5. The fraction of sp³-hybridized carbons (Fsp3) is 0.894. The number of hydrogen-bond acceptors (Lipinski definition) is 35. The van der Waals surface area contributed by atoms with Gasteiger partial charge in [0.05, 0.1) is 116 Å². The van der Waals surface area contributed by atoms with Gasteiger partial charge in [-0.3, -0.25) is 9.59 Å². The lowest BCUT2D eigenvalue weighted by molar-refractivity contribution is -0.389. The molecule has 7 rings (SSSR count). The molecular weight excluding hydrogens is 1610 g/mol. The molecule has 0 saturated carbocycles. The Morgan fingerprint density at radius 1 is 0.598 bits per heavy atom. The van der Waals surface area contributed by atoms with Crippen LogP contribution in [0.5, 0.6) is 0 Å². The normalized spacial score (nSPS) is 45.8. The number of hydrogen-bond donors (Lipinski definition) is 22. The molecule has 2 amide bonds. The summed E-state index contributed by atoms with van der Waals surface area (Å²) in [6.45, 7) is 24.6. The summed E-state index contributed by atoms with van der Waals surface area (Å²) < 4.78 is 75.6. The Hall–Kier alpha value is -3.61. The van der Waals surface area contributed by atoms with Crippen molar-refractivity contribution in [1.29, 1.82) is 0 Å². The van der Waals surface area contributed by atoms with Gasteiger partial charge in [-0.15, -0.1) is 0 Å². The van der Waals surface area contributed by atoms with E-state index in [2.05, 4.69) is 10.6 Å². The van der Waals surface area contributed by atoms with Crippen LogP contribution in [-0.2, 0) is 71.2 Å². The monoisotopic (exact) mass is 1760 g/mol. The quantitative estimate of drug-likeness (QED) is 0.0393. The Morgan fingerprint density at radius 3 is 1.82 bits per heavy atom. The van der Waals surface area contributed by atoms with Crippen LogP contribution in [0.4, 0.5) is 0 Å². The van der Waals surface area contributed by atoms with E-state index in [4.69, 9.17) is 56.8 Å². The first-order valence-corrected chi connectivity index (χ1v) is 43.7. The van der Waals surface area contributed by atoms with E-state index < -0.39 is 312 Å². The first-order chi connectivity index (χ1) is 57.1. The van der Waals surface area contributed by atoms with Gasteiger partial charge in [0.25, 0.3) is 0 Å². The Balaban J connectivity index is 1.25. The van der Waals surface area contributed by atoms with E-state index in [0.29, 0.717) is 19.3 Å². The fourth-order valence-corrected chi connectivity index (χ4v) is 17.7. The standard InChI is InChI=1S/C85H148N2O35/c1-17-20-59(115-65-35-84(16,87-48(15)90)78(107)46(13)112-65)41(8)67(98)49(18-2)24-27-55(93)40(7)60-28-22-38(5)66(97)42(9)61(117-82-75(106)73(104)71(102)63(36-88)119-82)33-57(95)39(6)56(94)30-53-31-58(96)79(108)85(110,122-53)34-62(37(4)21-25-51(91)29-52(92)26-23-50(19-3)80(109)116-60)118-83-77(121-81-74(105)72(103)69(100)44(11)113-81)76(70(101)45(12)114-83)120-64-32-54(86-47(14)89)68(99)43(10)111-64/h22-24,27,37,39-46,49,51-79,81-83,88,91-108,110H,17-21,25-26,28-36H2,1-16H3,(H,86,89)(H,87,90)/b27-24+,38-22+,50-23+/t37-,39-,40+,41+,42-,43+,44+,45+,46-,49+,51+,52-,53+,54+,55-,56-,57+,58-,59+,60-,61+,62-,63+,64-,65-,66+,67+,68+,69+,70+,71+,72-,73-,74+,75-,76-,77+,78+,79+,81-,82+,83-,84-,85-/m0/s1. The van der Waals surface area contributed by atoms with Gasteiger partial charge in [0.2, 0.25) is 11.8 Å². The lowest BCUT2D eigenvalue weighted by Gasteiger charge is -2.50. The van der Waals surface area contributed by atoms with E-state index in [1.807, 2.05) is 20.8 Å². The summed E-state index contributed by atoms with van der Waals surface area (Å²) >= 11 is 0. The maximum atomic E-state index is 14.7. The molecule has 0 unspecified atom stereocenters. The van der Waals surface area contributed by atoms with Gasteiger partial charge in [-0.1, -0.05) is 86.1 Å². The molecule has 0 radical (unpaired) electrons. The number of ether oxygens (including phenoxy) is 12. The number of carbonyl (C=O) groups is 3. The number of carbonyl (C=O) groups excluding carboxylic acids is 3. The lowest BCUT2D eigenvalue weighted by atomic mass is 9.82. The molecule has 0 aliphatic carbocycles. The first-order valence-electron chi connectivity index (χ1n) is 43.7. The minimum Gasteiger partial charge on any atom is -0.458 e. The first kappa shape index (κ1) is 105. The minimum atomic E-state index is -2.82. The van der Waals surface area contributed by atoms with E-state index in [0.717, 1.165) is 0 Å². The predicted molar refractivity (Wildman–Crippen MR) is 432 cm³/mol. The van der Waals surface area contributed by atoms with Crippen LogP contribution < -0.4 is 10.6 Å². The molecule has 7 aliphatic rings. The van der Waals surface area contributed by atoms with Crippen molar-refractivity contribution >= 4 is 17.8 Å². The number of cyclic esters (lactones) is 1. The van der Waals surface area contributed by atoms with Crippen LogP contribution in [0.1, 0.15) is 207 Å². The molecular formula is C85H148N2O35. The lowest BCUT2D eigenvalue weighted by Crippen LogP contribution is -2.65. The number of amides is 2.